The van der Waals surface area contributed by atoms with Crippen LogP contribution in [0.5, 0.6) is 11.5 Å². The number of pyridine rings is 1. The zero-order valence-electron chi connectivity index (χ0n) is 31.9. The minimum Gasteiger partial charge on any atom is -0.496 e. The second-order valence-electron chi connectivity index (χ2n) is 14.3. The first-order valence-corrected chi connectivity index (χ1v) is 19.1. The number of ether oxygens (including phenoxy) is 2. The smallest absolute Gasteiger partial charge is 0.419 e. The Hall–Kier alpha value is -5.20. The van der Waals surface area contributed by atoms with Crippen molar-refractivity contribution in [2.75, 3.05) is 69.3 Å². The van der Waals surface area contributed by atoms with Gasteiger partial charge < -0.3 is 24.6 Å². The molecule has 0 radical (unpaired) electrons. The maximum atomic E-state index is 13.4. The number of piperidine rings is 1. The normalized spacial score (nSPS) is 15.9. The van der Waals surface area contributed by atoms with Gasteiger partial charge in [0.15, 0.2) is 12.0 Å². The van der Waals surface area contributed by atoms with Crippen LogP contribution in [0.25, 0.3) is 0 Å². The molecule has 2 saturated heterocycles. The van der Waals surface area contributed by atoms with Gasteiger partial charge in [0.25, 0.3) is 0 Å². The lowest BCUT2D eigenvalue weighted by atomic mass is 9.89. The number of halogens is 3. The van der Waals surface area contributed by atoms with E-state index in [0.29, 0.717) is 62.0 Å². The van der Waals surface area contributed by atoms with Crippen LogP contribution in [-0.4, -0.2) is 94.1 Å². The molecule has 2 N–H and O–H groups in total. The average Bonchev–Trinajstić information content (AvgIpc) is 3.21. The summed E-state index contributed by atoms with van der Waals surface area (Å²) < 4.78 is 51.9. The Labute approximate surface area is 325 Å². The highest BCUT2D eigenvalue weighted by Gasteiger charge is 2.35. The Morgan fingerprint density at radius 1 is 1.02 bits per heavy atom. The van der Waals surface area contributed by atoms with Gasteiger partial charge in [-0.3, -0.25) is 24.6 Å². The molecule has 12 nitrogen and oxygen atoms in total. The molecule has 1 aromatic heterocycles. The van der Waals surface area contributed by atoms with E-state index >= 15 is 0 Å². The van der Waals surface area contributed by atoms with Crippen LogP contribution < -0.4 is 29.9 Å². The number of alkyl halides is 3. The minimum absolute atomic E-state index is 0.00961. The number of anilines is 2. The lowest BCUT2D eigenvalue weighted by Gasteiger charge is -2.36. The number of methoxy groups -OCH3 is 1. The van der Waals surface area contributed by atoms with Crippen molar-refractivity contribution < 1.29 is 37.0 Å². The van der Waals surface area contributed by atoms with E-state index in [0.717, 1.165) is 87.8 Å². The van der Waals surface area contributed by atoms with Gasteiger partial charge in [0.1, 0.15) is 17.6 Å². The van der Waals surface area contributed by atoms with Crippen molar-refractivity contribution in [2.24, 2.45) is 0 Å². The summed E-state index contributed by atoms with van der Waals surface area (Å²) >= 11 is 0. The molecule has 15 heteroatoms. The maximum Gasteiger partial charge on any atom is 0.419 e. The third-order valence-electron chi connectivity index (χ3n) is 10.6. The molecule has 3 heterocycles. The Morgan fingerprint density at radius 3 is 2.38 bits per heavy atom. The number of rotatable bonds is 18. The van der Waals surface area contributed by atoms with Crippen LogP contribution in [0.2, 0.25) is 0 Å². The first-order chi connectivity index (χ1) is 27.0. The molecule has 0 aliphatic carbocycles. The van der Waals surface area contributed by atoms with Gasteiger partial charge in [-0.25, -0.2) is 4.98 Å². The molecule has 2 aliphatic heterocycles. The van der Waals surface area contributed by atoms with Crippen LogP contribution in [0, 0.1) is 11.3 Å². The third kappa shape index (κ3) is 11.4. The highest BCUT2D eigenvalue weighted by atomic mass is 19.4. The largest absolute Gasteiger partial charge is 0.496 e. The maximum absolute atomic E-state index is 13.4. The van der Waals surface area contributed by atoms with E-state index in [1.54, 1.807) is 7.11 Å². The number of imide groups is 1. The van der Waals surface area contributed by atoms with Crippen LogP contribution in [0.4, 0.5) is 24.5 Å². The number of aromatic nitrogens is 1. The zero-order chi connectivity index (χ0) is 40.1. The fourth-order valence-electron chi connectivity index (χ4n) is 7.27. The first-order valence-electron chi connectivity index (χ1n) is 19.1. The van der Waals surface area contributed by atoms with E-state index < -0.39 is 17.4 Å². The van der Waals surface area contributed by atoms with Crippen LogP contribution >= 0.6 is 0 Å². The molecule has 300 valence electrons. The average molecular weight is 778 g/mol. The van der Waals surface area contributed by atoms with E-state index in [2.05, 4.69) is 37.6 Å². The molecule has 56 heavy (non-hydrogen) atoms. The number of aldehydes is 1. The van der Waals surface area contributed by atoms with Crippen LogP contribution in [-0.2, 0) is 22.3 Å². The Kier molecular flexibility index (Phi) is 15.1. The van der Waals surface area contributed by atoms with E-state index in [1.165, 1.54) is 17.8 Å². The van der Waals surface area contributed by atoms with E-state index in [4.69, 9.17) is 14.7 Å². The van der Waals surface area contributed by atoms with Gasteiger partial charge >= 0.3 is 6.18 Å². The predicted octanol–water partition coefficient (Wildman–Crippen LogP) is 5.69. The standard InChI is InChI=1S/C41H50F3N7O5/c1-29(5-10-40(54)48-28-53)46-25-32-21-33(23-39(55-2)36(32)27-52)51-18-16-49(17-19-51)13-3-4-20-56-35-8-6-30(7-9-35)31-11-14-50(15-12-31)34-22-37(41(42,43)44)38(24-45)47-26-34/h6-9,21-23,26-29,31,46H,3-5,10-20,25H2,1-2H3,(H,48,53,54). The Morgan fingerprint density at radius 2 is 1.73 bits per heavy atom. The molecule has 1 unspecified atom stereocenters. The van der Waals surface area contributed by atoms with E-state index in [1.807, 2.05) is 36.1 Å². The number of carbonyl (C=O) groups excluding carboxylic acids is 3. The summed E-state index contributed by atoms with van der Waals surface area (Å²) in [5, 5.41) is 14.6. The number of hydrogen-bond donors (Lipinski definition) is 2. The van der Waals surface area contributed by atoms with Gasteiger partial charge in [-0.15, -0.1) is 0 Å². The SMILES string of the molecule is COc1cc(N2CCN(CCCCOc3ccc(C4CCN(c5cnc(C#N)c(C(F)(F)F)c5)CC4)cc3)CC2)cc(CNC(C)CCC(=O)NC=O)c1C=O. The highest BCUT2D eigenvalue weighted by molar-refractivity contribution is 5.85. The van der Waals surface area contributed by atoms with Crippen LogP contribution in [0.1, 0.15) is 84.1 Å². The van der Waals surface area contributed by atoms with Gasteiger partial charge in [-0.1, -0.05) is 12.1 Å². The van der Waals surface area contributed by atoms with Gasteiger partial charge in [0.2, 0.25) is 12.3 Å². The van der Waals surface area contributed by atoms with Gasteiger partial charge in [0.05, 0.1) is 36.7 Å². The number of piperazine rings is 1. The molecule has 2 aromatic carbocycles. The predicted molar refractivity (Wildman–Crippen MR) is 206 cm³/mol. The molecule has 2 amide bonds. The number of unbranched alkanes of at least 4 members (excludes halogenated alkanes) is 1. The third-order valence-corrected chi connectivity index (χ3v) is 10.6. The monoisotopic (exact) mass is 777 g/mol. The molecule has 2 fully saturated rings. The molecule has 5 rings (SSSR count). The lowest BCUT2D eigenvalue weighted by Crippen LogP contribution is -2.46. The number of benzene rings is 2. The van der Waals surface area contributed by atoms with Crippen molar-refractivity contribution in [2.45, 2.75) is 70.1 Å². The first kappa shape index (κ1) is 42.0. The summed E-state index contributed by atoms with van der Waals surface area (Å²) in [5.41, 5.74) is 2.27. The molecule has 1 atom stereocenters. The molecule has 2 aliphatic rings. The second kappa shape index (κ2) is 20.1. The van der Waals surface area contributed by atoms with Crippen molar-refractivity contribution in [3.63, 3.8) is 0 Å². The van der Waals surface area contributed by atoms with Crippen LogP contribution in [0.15, 0.2) is 48.7 Å². The number of carbonyl (C=O) groups is 3. The van der Waals surface area contributed by atoms with Crippen molar-refractivity contribution in [3.05, 3.63) is 76.6 Å². The highest BCUT2D eigenvalue weighted by Crippen LogP contribution is 2.36. The lowest BCUT2D eigenvalue weighted by molar-refractivity contribution is -0.138. The van der Waals surface area contributed by atoms with Gasteiger partial charge in [0, 0.05) is 70.0 Å². The Bertz CT molecular complexity index is 1820. The molecule has 0 spiro atoms. The topological polar surface area (TPSA) is 140 Å². The van der Waals surface area contributed by atoms with E-state index in [9.17, 15) is 27.6 Å². The molecular formula is C41H50F3N7O5. The number of amides is 2. The fraction of sp³-hybridized carbons (Fsp3) is 0.488. The second-order valence-corrected chi connectivity index (χ2v) is 14.3. The van der Waals surface area contributed by atoms with E-state index in [-0.39, 0.29) is 18.4 Å². The van der Waals surface area contributed by atoms with Crippen LogP contribution in [0.3, 0.4) is 0 Å². The number of nitrogens with zero attached hydrogens (tertiary/aromatic N) is 5. The number of hydrogen-bond acceptors (Lipinski definition) is 11. The summed E-state index contributed by atoms with van der Waals surface area (Å²) in [6.45, 7) is 8.66. The minimum atomic E-state index is -4.63. The molecule has 3 aromatic rings. The summed E-state index contributed by atoms with van der Waals surface area (Å²) in [6.07, 6.45) is 2.19. The zero-order valence-corrected chi connectivity index (χ0v) is 31.9. The number of nitriles is 1. The summed E-state index contributed by atoms with van der Waals surface area (Å²) in [7, 11) is 1.56. The van der Waals surface area contributed by atoms with Crippen molar-refractivity contribution in [3.8, 4) is 17.6 Å². The van der Waals surface area contributed by atoms with Gasteiger partial charge in [-0.2, -0.15) is 18.4 Å². The fourth-order valence-corrected chi connectivity index (χ4v) is 7.27. The Balaban J connectivity index is 1.01. The molecule has 0 bridgehead atoms. The summed E-state index contributed by atoms with van der Waals surface area (Å²) in [4.78, 5) is 44.5. The number of nitrogens with one attached hydrogen (secondary N) is 2. The van der Waals surface area contributed by atoms with Gasteiger partial charge in [-0.05, 0) is 86.9 Å². The summed E-state index contributed by atoms with van der Waals surface area (Å²) in [5.74, 6) is 1.30. The molecular weight excluding hydrogens is 727 g/mol. The van der Waals surface area contributed by atoms with Crippen molar-refractivity contribution >= 4 is 30.0 Å². The molecule has 0 saturated carbocycles. The summed E-state index contributed by atoms with van der Waals surface area (Å²) in [6, 6.07) is 14.6. The quantitative estimate of drug-likeness (QED) is 0.122. The van der Waals surface area contributed by atoms with Crippen molar-refractivity contribution in [1.82, 2.24) is 20.5 Å². The van der Waals surface area contributed by atoms with Crippen molar-refractivity contribution in [1.29, 1.82) is 5.26 Å².